The summed E-state index contributed by atoms with van der Waals surface area (Å²) in [5.74, 6) is -1.04. The summed E-state index contributed by atoms with van der Waals surface area (Å²) in [6.07, 6.45) is 0.593. The average Bonchev–Trinajstić information content (AvgIpc) is 2.51. The van der Waals surface area contributed by atoms with Crippen LogP contribution in [-0.4, -0.2) is 41.9 Å². The van der Waals surface area contributed by atoms with Crippen molar-refractivity contribution in [2.24, 2.45) is 5.92 Å². The molecule has 0 aromatic heterocycles. The summed E-state index contributed by atoms with van der Waals surface area (Å²) in [6.45, 7) is 0.300. The quantitative estimate of drug-likeness (QED) is 0.839. The fraction of sp³-hybridized carbons (Fsp3) is 0.438. The van der Waals surface area contributed by atoms with E-state index in [1.165, 1.54) is 7.11 Å². The first kappa shape index (κ1) is 15.8. The van der Waals surface area contributed by atoms with Gasteiger partial charge in [0.1, 0.15) is 5.54 Å². The lowest BCUT2D eigenvalue weighted by Crippen LogP contribution is -2.72. The van der Waals surface area contributed by atoms with Crippen molar-refractivity contribution < 1.29 is 19.1 Å². The number of rotatable bonds is 3. The third-order valence-electron chi connectivity index (χ3n) is 4.60. The van der Waals surface area contributed by atoms with Crippen LogP contribution in [0.1, 0.15) is 18.4 Å². The Morgan fingerprint density at radius 2 is 2.00 bits per heavy atom. The monoisotopic (exact) mass is 336 g/mol. The summed E-state index contributed by atoms with van der Waals surface area (Å²) in [4.78, 5) is 37.9. The number of nitrogens with zero attached hydrogens (tertiary/aromatic N) is 1. The molecule has 1 saturated carbocycles. The van der Waals surface area contributed by atoms with Crippen LogP contribution in [0.15, 0.2) is 24.3 Å². The number of piperazine rings is 1. The minimum Gasteiger partial charge on any atom is -0.469 e. The van der Waals surface area contributed by atoms with Gasteiger partial charge in [-0.2, -0.15) is 0 Å². The molecule has 1 aromatic rings. The molecule has 1 N–H and O–H groups in total. The van der Waals surface area contributed by atoms with Crippen LogP contribution in [0.5, 0.6) is 0 Å². The zero-order chi connectivity index (χ0) is 16.6. The molecule has 6 nitrogen and oxygen atoms in total. The molecule has 1 aromatic carbocycles. The molecule has 2 amide bonds. The van der Waals surface area contributed by atoms with Crippen LogP contribution in [-0.2, 0) is 25.7 Å². The zero-order valence-corrected chi connectivity index (χ0v) is 13.4. The standard InChI is InChI=1S/C16H17ClN2O4/c1-23-14(21)11-6-16(7-11)15(22)18-8-13(20)19(16)9-10-2-4-12(17)5-3-10/h2-5,11H,6-9H2,1H3,(H,18,22). The summed E-state index contributed by atoms with van der Waals surface area (Å²) in [6, 6.07) is 7.14. The van der Waals surface area contributed by atoms with E-state index in [9.17, 15) is 14.4 Å². The molecule has 7 heteroatoms. The van der Waals surface area contributed by atoms with Crippen molar-refractivity contribution in [1.29, 1.82) is 0 Å². The van der Waals surface area contributed by atoms with Crippen LogP contribution < -0.4 is 5.32 Å². The van der Waals surface area contributed by atoms with Gasteiger partial charge < -0.3 is 15.0 Å². The third kappa shape index (κ3) is 2.67. The summed E-state index contributed by atoms with van der Waals surface area (Å²) in [5.41, 5.74) is -0.0632. The van der Waals surface area contributed by atoms with Crippen molar-refractivity contribution in [2.75, 3.05) is 13.7 Å². The molecule has 0 atom stereocenters. The van der Waals surface area contributed by atoms with Crippen molar-refractivity contribution in [3.63, 3.8) is 0 Å². The molecule has 0 bridgehead atoms. The highest BCUT2D eigenvalue weighted by Gasteiger charge is 2.59. The molecule has 1 aliphatic heterocycles. The number of nitrogens with one attached hydrogen (secondary N) is 1. The zero-order valence-electron chi connectivity index (χ0n) is 12.7. The van der Waals surface area contributed by atoms with Gasteiger partial charge >= 0.3 is 5.97 Å². The first-order valence-electron chi connectivity index (χ1n) is 7.37. The molecule has 1 spiro atoms. The smallest absolute Gasteiger partial charge is 0.308 e. The van der Waals surface area contributed by atoms with Crippen molar-refractivity contribution >= 4 is 29.4 Å². The van der Waals surface area contributed by atoms with Crippen LogP contribution in [0.3, 0.4) is 0 Å². The normalized spacial score (nSPS) is 26.7. The van der Waals surface area contributed by atoms with Gasteiger partial charge in [0.25, 0.3) is 0 Å². The highest BCUT2D eigenvalue weighted by atomic mass is 35.5. The number of halogens is 1. The number of carbonyl (C=O) groups is 3. The number of amides is 2. The Hall–Kier alpha value is -2.08. The van der Waals surface area contributed by atoms with Gasteiger partial charge in [-0.15, -0.1) is 0 Å². The lowest BCUT2D eigenvalue weighted by Gasteiger charge is -2.53. The first-order chi connectivity index (χ1) is 11.0. The topological polar surface area (TPSA) is 75.7 Å². The summed E-state index contributed by atoms with van der Waals surface area (Å²) in [5, 5.41) is 3.24. The van der Waals surface area contributed by atoms with Gasteiger partial charge in [-0.3, -0.25) is 14.4 Å². The van der Waals surface area contributed by atoms with E-state index in [0.717, 1.165) is 5.56 Å². The molecule has 3 rings (SSSR count). The van der Waals surface area contributed by atoms with Crippen LogP contribution in [0, 0.1) is 5.92 Å². The van der Waals surface area contributed by atoms with E-state index < -0.39 is 5.54 Å². The molecule has 1 aliphatic carbocycles. The maximum Gasteiger partial charge on any atom is 0.308 e. The van der Waals surface area contributed by atoms with Gasteiger partial charge in [0, 0.05) is 11.6 Å². The van der Waals surface area contributed by atoms with E-state index in [0.29, 0.717) is 24.4 Å². The number of ether oxygens (including phenoxy) is 1. The maximum atomic E-state index is 12.4. The number of benzene rings is 1. The summed E-state index contributed by atoms with van der Waals surface area (Å²) >= 11 is 5.87. The molecule has 1 heterocycles. The molecule has 2 aliphatic rings. The molecule has 2 fully saturated rings. The average molecular weight is 337 g/mol. The molecule has 0 unspecified atom stereocenters. The molecular formula is C16H17ClN2O4. The van der Waals surface area contributed by atoms with Crippen LogP contribution in [0.25, 0.3) is 0 Å². The molecule has 1 saturated heterocycles. The number of hydrogen-bond donors (Lipinski definition) is 1. The van der Waals surface area contributed by atoms with Crippen molar-refractivity contribution in [2.45, 2.75) is 24.9 Å². The largest absolute Gasteiger partial charge is 0.469 e. The second-order valence-electron chi connectivity index (χ2n) is 5.95. The van der Waals surface area contributed by atoms with E-state index in [-0.39, 0.29) is 30.2 Å². The molecular weight excluding hydrogens is 320 g/mol. The second kappa shape index (κ2) is 5.85. The van der Waals surface area contributed by atoms with E-state index in [2.05, 4.69) is 5.32 Å². The Bertz CT molecular complexity index is 653. The van der Waals surface area contributed by atoms with Crippen LogP contribution in [0.4, 0.5) is 0 Å². The molecule has 0 radical (unpaired) electrons. The molecule has 23 heavy (non-hydrogen) atoms. The third-order valence-corrected chi connectivity index (χ3v) is 4.85. The van der Waals surface area contributed by atoms with E-state index in [1.807, 2.05) is 12.1 Å². The summed E-state index contributed by atoms with van der Waals surface area (Å²) in [7, 11) is 1.32. The Morgan fingerprint density at radius 1 is 1.35 bits per heavy atom. The highest BCUT2D eigenvalue weighted by molar-refractivity contribution is 6.30. The second-order valence-corrected chi connectivity index (χ2v) is 6.39. The van der Waals surface area contributed by atoms with E-state index >= 15 is 0 Å². The van der Waals surface area contributed by atoms with Crippen molar-refractivity contribution in [3.8, 4) is 0 Å². The number of esters is 1. The van der Waals surface area contributed by atoms with E-state index in [1.54, 1.807) is 17.0 Å². The predicted molar refractivity (Wildman–Crippen MR) is 82.5 cm³/mol. The van der Waals surface area contributed by atoms with Crippen molar-refractivity contribution in [3.05, 3.63) is 34.9 Å². The predicted octanol–water partition coefficient (Wildman–Crippen LogP) is 1.12. The Morgan fingerprint density at radius 3 is 2.61 bits per heavy atom. The molecule has 122 valence electrons. The Kier molecular flexibility index (Phi) is 4.02. The van der Waals surface area contributed by atoms with Crippen molar-refractivity contribution in [1.82, 2.24) is 10.2 Å². The van der Waals surface area contributed by atoms with Gasteiger partial charge in [0.05, 0.1) is 19.6 Å². The first-order valence-corrected chi connectivity index (χ1v) is 7.75. The van der Waals surface area contributed by atoms with E-state index in [4.69, 9.17) is 16.3 Å². The number of methoxy groups -OCH3 is 1. The van der Waals surface area contributed by atoms with Gasteiger partial charge in [0.2, 0.25) is 11.8 Å². The Labute approximate surface area is 138 Å². The fourth-order valence-electron chi connectivity index (χ4n) is 3.28. The number of hydrogen-bond acceptors (Lipinski definition) is 4. The minimum absolute atomic E-state index is 0.0168. The lowest BCUT2D eigenvalue weighted by molar-refractivity contribution is -0.173. The summed E-state index contributed by atoms with van der Waals surface area (Å²) < 4.78 is 4.73. The van der Waals surface area contributed by atoms with Crippen LogP contribution in [0.2, 0.25) is 5.02 Å². The number of carbonyl (C=O) groups excluding carboxylic acids is 3. The lowest BCUT2D eigenvalue weighted by atomic mass is 9.65. The van der Waals surface area contributed by atoms with Gasteiger partial charge in [0.15, 0.2) is 0 Å². The SMILES string of the molecule is COC(=O)C1CC2(C1)C(=O)NCC(=O)N2Cc1ccc(Cl)cc1. The fourth-order valence-corrected chi connectivity index (χ4v) is 3.41. The van der Waals surface area contributed by atoms with Gasteiger partial charge in [-0.05, 0) is 30.5 Å². The van der Waals surface area contributed by atoms with Crippen LogP contribution >= 0.6 is 11.6 Å². The van der Waals surface area contributed by atoms with Gasteiger partial charge in [-0.25, -0.2) is 0 Å². The minimum atomic E-state index is -0.951. The maximum absolute atomic E-state index is 12.4. The highest BCUT2D eigenvalue weighted by Crippen LogP contribution is 2.45. The van der Waals surface area contributed by atoms with Gasteiger partial charge in [-0.1, -0.05) is 23.7 Å². The Balaban J connectivity index is 1.83.